The lowest BCUT2D eigenvalue weighted by Gasteiger charge is -2.30. The molecule has 0 aliphatic heterocycles. The quantitative estimate of drug-likeness (QED) is 0.785. The second-order valence-electron chi connectivity index (χ2n) is 6.22. The van der Waals surface area contributed by atoms with Crippen LogP contribution in [-0.4, -0.2) is 40.8 Å². The van der Waals surface area contributed by atoms with Crippen molar-refractivity contribution in [2.75, 3.05) is 13.2 Å². The van der Waals surface area contributed by atoms with Gasteiger partial charge in [0.1, 0.15) is 5.60 Å². The van der Waals surface area contributed by atoms with E-state index in [1.54, 1.807) is 0 Å². The van der Waals surface area contributed by atoms with Crippen LogP contribution in [0.15, 0.2) is 30.3 Å². The number of ether oxygens (including phenoxy) is 1. The van der Waals surface area contributed by atoms with Gasteiger partial charge in [-0.1, -0.05) is 37.3 Å². The maximum Gasteiger partial charge on any atom is 0.320 e. The Morgan fingerprint density at radius 3 is 2.38 bits per heavy atom. The van der Waals surface area contributed by atoms with E-state index in [2.05, 4.69) is 0 Å². The third-order valence-corrected chi connectivity index (χ3v) is 3.18. The highest BCUT2D eigenvalue weighted by atomic mass is 16.6. The zero-order valence-electron chi connectivity index (χ0n) is 13.5. The smallest absolute Gasteiger partial charge is 0.320 e. The number of aliphatic hydroxyl groups is 1. The average Bonchev–Trinajstić information content (AvgIpc) is 2.39. The third kappa shape index (κ3) is 6.74. The van der Waals surface area contributed by atoms with Crippen LogP contribution in [0.5, 0.6) is 0 Å². The Morgan fingerprint density at radius 2 is 1.90 bits per heavy atom. The fraction of sp³-hybridized carbons (Fsp3) is 0.588. The fourth-order valence-electron chi connectivity index (χ4n) is 2.17. The van der Waals surface area contributed by atoms with Crippen molar-refractivity contribution in [1.82, 2.24) is 4.90 Å². The number of carbonyl (C=O) groups excluding carboxylic acids is 1. The molecule has 1 unspecified atom stereocenters. The van der Waals surface area contributed by atoms with E-state index >= 15 is 0 Å². The lowest BCUT2D eigenvalue weighted by molar-refractivity contribution is -0.157. The summed E-state index contributed by atoms with van der Waals surface area (Å²) in [5.74, 6) is -0.259. The van der Waals surface area contributed by atoms with Crippen molar-refractivity contribution in [2.24, 2.45) is 0 Å². The maximum absolute atomic E-state index is 12.1. The lowest BCUT2D eigenvalue weighted by atomic mass is 10.1. The highest BCUT2D eigenvalue weighted by molar-refractivity contribution is 5.72. The van der Waals surface area contributed by atoms with Gasteiger partial charge >= 0.3 is 5.97 Å². The van der Waals surface area contributed by atoms with E-state index in [1.807, 2.05) is 62.9 Å². The summed E-state index contributed by atoms with van der Waals surface area (Å²) in [7, 11) is 0. The van der Waals surface area contributed by atoms with E-state index in [4.69, 9.17) is 4.74 Å². The summed E-state index contributed by atoms with van der Waals surface area (Å²) in [4.78, 5) is 14.0. The van der Waals surface area contributed by atoms with E-state index < -0.39 is 5.60 Å². The Bertz CT molecular complexity index is 421. The Balaban J connectivity index is 2.75. The van der Waals surface area contributed by atoms with Gasteiger partial charge < -0.3 is 9.84 Å². The fourth-order valence-corrected chi connectivity index (χ4v) is 2.17. The van der Waals surface area contributed by atoms with Gasteiger partial charge in [0.15, 0.2) is 0 Å². The number of carbonyl (C=O) groups is 1. The van der Waals surface area contributed by atoms with Gasteiger partial charge in [-0.05, 0) is 32.8 Å². The van der Waals surface area contributed by atoms with E-state index in [9.17, 15) is 9.90 Å². The van der Waals surface area contributed by atoms with E-state index in [0.717, 1.165) is 12.0 Å². The van der Waals surface area contributed by atoms with Crippen LogP contribution in [0.3, 0.4) is 0 Å². The van der Waals surface area contributed by atoms with E-state index in [1.165, 1.54) is 0 Å². The Labute approximate surface area is 127 Å². The summed E-state index contributed by atoms with van der Waals surface area (Å²) in [6.07, 6.45) is 0.784. The molecule has 1 aromatic carbocycles. The minimum absolute atomic E-state index is 0.0339. The normalized spacial score (nSPS) is 13.2. The molecule has 4 heteroatoms. The predicted molar refractivity (Wildman–Crippen MR) is 83.9 cm³/mol. The second-order valence-corrected chi connectivity index (χ2v) is 6.22. The predicted octanol–water partition coefficient (Wildman–Crippen LogP) is 2.60. The second kappa shape index (κ2) is 8.15. The topological polar surface area (TPSA) is 49.8 Å². The molecule has 0 heterocycles. The number of benzene rings is 1. The molecule has 1 N–H and O–H groups in total. The molecule has 0 aliphatic carbocycles. The molecule has 0 spiro atoms. The molecule has 0 amide bonds. The first-order valence-corrected chi connectivity index (χ1v) is 7.46. The summed E-state index contributed by atoms with van der Waals surface area (Å²) in [5.41, 5.74) is 0.629. The van der Waals surface area contributed by atoms with Crippen LogP contribution >= 0.6 is 0 Å². The van der Waals surface area contributed by atoms with Crippen LogP contribution in [-0.2, 0) is 16.1 Å². The number of aliphatic hydroxyl groups excluding tert-OH is 1. The number of hydrogen-bond acceptors (Lipinski definition) is 4. The van der Waals surface area contributed by atoms with Crippen molar-refractivity contribution in [1.29, 1.82) is 0 Å². The molecule has 0 bridgehead atoms. The Hall–Kier alpha value is -1.39. The molecule has 21 heavy (non-hydrogen) atoms. The van der Waals surface area contributed by atoms with Crippen LogP contribution in [0.2, 0.25) is 0 Å². The largest absolute Gasteiger partial charge is 0.459 e. The van der Waals surface area contributed by atoms with E-state index in [-0.39, 0.29) is 25.2 Å². The van der Waals surface area contributed by atoms with E-state index in [0.29, 0.717) is 6.54 Å². The number of nitrogens with zero attached hydrogens (tertiary/aromatic N) is 1. The van der Waals surface area contributed by atoms with Crippen LogP contribution in [0.4, 0.5) is 0 Å². The Kier molecular flexibility index (Phi) is 6.85. The van der Waals surface area contributed by atoms with Crippen molar-refractivity contribution in [3.05, 3.63) is 35.9 Å². The van der Waals surface area contributed by atoms with Crippen LogP contribution in [0.1, 0.15) is 39.7 Å². The minimum Gasteiger partial charge on any atom is -0.459 e. The minimum atomic E-state index is -0.490. The molecular formula is C17H27NO3. The van der Waals surface area contributed by atoms with Crippen molar-refractivity contribution in [3.8, 4) is 0 Å². The zero-order valence-corrected chi connectivity index (χ0v) is 13.5. The molecule has 0 aromatic heterocycles. The monoisotopic (exact) mass is 293 g/mol. The molecular weight excluding hydrogens is 266 g/mol. The molecule has 1 aromatic rings. The number of esters is 1. The van der Waals surface area contributed by atoms with Gasteiger partial charge in [-0.15, -0.1) is 0 Å². The van der Waals surface area contributed by atoms with Crippen molar-refractivity contribution < 1.29 is 14.6 Å². The highest BCUT2D eigenvalue weighted by Gasteiger charge is 2.23. The van der Waals surface area contributed by atoms with Gasteiger partial charge in [-0.2, -0.15) is 0 Å². The number of hydrogen-bond donors (Lipinski definition) is 1. The van der Waals surface area contributed by atoms with Crippen LogP contribution < -0.4 is 0 Å². The third-order valence-electron chi connectivity index (χ3n) is 3.18. The molecule has 0 aliphatic rings. The highest BCUT2D eigenvalue weighted by Crippen LogP contribution is 2.13. The van der Waals surface area contributed by atoms with Crippen molar-refractivity contribution >= 4 is 5.97 Å². The van der Waals surface area contributed by atoms with Crippen LogP contribution in [0, 0.1) is 0 Å². The molecule has 1 rings (SSSR count). The van der Waals surface area contributed by atoms with Gasteiger partial charge in [0.25, 0.3) is 0 Å². The maximum atomic E-state index is 12.1. The first-order valence-electron chi connectivity index (χ1n) is 7.46. The van der Waals surface area contributed by atoms with Crippen LogP contribution in [0.25, 0.3) is 0 Å². The first-order chi connectivity index (χ1) is 9.85. The Morgan fingerprint density at radius 1 is 1.29 bits per heavy atom. The molecule has 0 saturated heterocycles. The SMILES string of the molecule is CCC(CO)N(CC(=O)OC(C)(C)C)Cc1ccccc1. The van der Waals surface area contributed by atoms with Gasteiger partial charge in [-0.25, -0.2) is 0 Å². The average molecular weight is 293 g/mol. The van der Waals surface area contributed by atoms with Gasteiger partial charge in [-0.3, -0.25) is 9.69 Å². The molecule has 4 nitrogen and oxygen atoms in total. The molecule has 0 saturated carbocycles. The summed E-state index contributed by atoms with van der Waals surface area (Å²) >= 11 is 0. The molecule has 118 valence electrons. The van der Waals surface area contributed by atoms with Gasteiger partial charge in [0.2, 0.25) is 0 Å². The summed E-state index contributed by atoms with van der Waals surface area (Å²) in [6, 6.07) is 9.91. The number of rotatable bonds is 7. The summed E-state index contributed by atoms with van der Waals surface area (Å²) in [6.45, 7) is 8.42. The van der Waals surface area contributed by atoms with Crippen molar-refractivity contribution in [2.45, 2.75) is 52.3 Å². The zero-order chi connectivity index (χ0) is 15.9. The summed E-state index contributed by atoms with van der Waals surface area (Å²) in [5, 5.41) is 9.53. The van der Waals surface area contributed by atoms with Gasteiger partial charge in [0, 0.05) is 12.6 Å². The summed E-state index contributed by atoms with van der Waals surface area (Å²) < 4.78 is 5.38. The lowest BCUT2D eigenvalue weighted by Crippen LogP contribution is -2.42. The standard InChI is InChI=1S/C17H27NO3/c1-5-15(13-19)18(11-14-9-7-6-8-10-14)12-16(20)21-17(2,3)4/h6-10,15,19H,5,11-13H2,1-4H3. The molecule has 0 radical (unpaired) electrons. The van der Waals surface area contributed by atoms with Crippen molar-refractivity contribution in [3.63, 3.8) is 0 Å². The molecule has 1 atom stereocenters. The van der Waals surface area contributed by atoms with Gasteiger partial charge in [0.05, 0.1) is 13.2 Å². The molecule has 0 fully saturated rings. The first kappa shape index (κ1) is 17.7.